The molecule has 0 aromatic heterocycles. The maximum atomic E-state index is 13.8. The largest absolute Gasteiger partial charge is 0.396 e. The second-order valence-corrected chi connectivity index (χ2v) is 8.33. The van der Waals surface area contributed by atoms with Crippen LogP contribution in [0.5, 0.6) is 0 Å². The molecule has 0 saturated heterocycles. The number of aryl methyl sites for hydroxylation is 1. The number of nitrogens with one attached hydrogen (secondary N) is 2. The number of anilines is 1. The first kappa shape index (κ1) is 19.5. The van der Waals surface area contributed by atoms with Crippen LogP contribution in [-0.4, -0.2) is 32.6 Å². The Bertz CT molecular complexity index is 946. The number of fused-ring (bicyclic) bond motifs is 1. The Morgan fingerprint density at radius 3 is 2.70 bits per heavy atom. The zero-order valence-corrected chi connectivity index (χ0v) is 15.4. The second-order valence-electron chi connectivity index (χ2n) is 6.56. The van der Waals surface area contributed by atoms with Gasteiger partial charge in [-0.15, -0.1) is 0 Å². The molecule has 1 amide bonds. The summed E-state index contributed by atoms with van der Waals surface area (Å²) in [7, 11) is -3.78. The van der Waals surface area contributed by atoms with Gasteiger partial charge in [0.05, 0.1) is 4.90 Å². The Labute approximate surface area is 157 Å². The van der Waals surface area contributed by atoms with Gasteiger partial charge in [0.1, 0.15) is 5.82 Å². The molecular formula is C19H21FN2O4S. The lowest BCUT2D eigenvalue weighted by atomic mass is 10.00. The number of carbonyl (C=O) groups is 1. The summed E-state index contributed by atoms with van der Waals surface area (Å²) in [5.41, 5.74) is 1.82. The Balaban J connectivity index is 1.69. The van der Waals surface area contributed by atoms with Gasteiger partial charge < -0.3 is 10.4 Å². The van der Waals surface area contributed by atoms with E-state index in [1.165, 1.54) is 12.1 Å². The summed E-state index contributed by atoms with van der Waals surface area (Å²) in [5.74, 6) is -0.917. The van der Waals surface area contributed by atoms with Crippen molar-refractivity contribution >= 4 is 21.6 Å². The third-order valence-electron chi connectivity index (χ3n) is 4.57. The number of sulfonamides is 1. The van der Waals surface area contributed by atoms with E-state index in [1.807, 2.05) is 0 Å². The van der Waals surface area contributed by atoms with Gasteiger partial charge in [0.15, 0.2) is 0 Å². The van der Waals surface area contributed by atoms with E-state index in [0.29, 0.717) is 24.1 Å². The van der Waals surface area contributed by atoms with Crippen LogP contribution in [0, 0.1) is 11.7 Å². The number of aliphatic hydroxyl groups excluding tert-OH is 1. The summed E-state index contributed by atoms with van der Waals surface area (Å²) in [4.78, 5) is 11.5. The number of rotatable bonds is 7. The van der Waals surface area contributed by atoms with Gasteiger partial charge in [-0.2, -0.15) is 0 Å². The quantitative estimate of drug-likeness (QED) is 0.670. The van der Waals surface area contributed by atoms with E-state index in [4.69, 9.17) is 0 Å². The first-order valence-corrected chi connectivity index (χ1v) is 10.1. The highest BCUT2D eigenvalue weighted by atomic mass is 32.2. The van der Waals surface area contributed by atoms with Crippen molar-refractivity contribution in [3.8, 4) is 0 Å². The molecule has 2 aromatic carbocycles. The molecule has 0 saturated carbocycles. The molecule has 3 rings (SSSR count). The van der Waals surface area contributed by atoms with E-state index in [-0.39, 0.29) is 36.2 Å². The van der Waals surface area contributed by atoms with Crippen LogP contribution in [0.3, 0.4) is 0 Å². The minimum atomic E-state index is -3.78. The fourth-order valence-electron chi connectivity index (χ4n) is 3.01. The molecule has 3 N–H and O–H groups in total. The van der Waals surface area contributed by atoms with Crippen LogP contribution in [0.1, 0.15) is 17.5 Å². The standard InChI is InChI=1S/C19H21FN2O4S/c20-17-4-2-1-3-14(17)9-13(12-23)11-21-27(25,26)16-6-7-18-15(10-16)5-8-19(24)22-18/h1-4,6-7,10,13,21,23H,5,8-9,11-12H2,(H,22,24). The lowest BCUT2D eigenvalue weighted by molar-refractivity contribution is -0.116. The monoisotopic (exact) mass is 392 g/mol. The highest BCUT2D eigenvalue weighted by Crippen LogP contribution is 2.25. The summed E-state index contributed by atoms with van der Waals surface area (Å²) in [6.07, 6.45) is 1.03. The topological polar surface area (TPSA) is 95.5 Å². The number of carbonyl (C=O) groups excluding carboxylic acids is 1. The van der Waals surface area contributed by atoms with E-state index in [9.17, 15) is 22.7 Å². The summed E-state index contributed by atoms with van der Waals surface area (Å²) in [5, 5.41) is 12.2. The zero-order chi connectivity index (χ0) is 19.4. The molecule has 1 aliphatic heterocycles. The van der Waals surface area contributed by atoms with Crippen molar-refractivity contribution in [1.82, 2.24) is 4.72 Å². The predicted octanol–water partition coefficient (Wildman–Crippen LogP) is 1.84. The van der Waals surface area contributed by atoms with Gasteiger partial charge in [0.2, 0.25) is 15.9 Å². The average molecular weight is 392 g/mol. The fraction of sp³-hybridized carbons (Fsp3) is 0.316. The second kappa shape index (κ2) is 8.16. The van der Waals surface area contributed by atoms with Crippen molar-refractivity contribution < 1.29 is 22.7 Å². The number of halogens is 1. The number of amides is 1. The van der Waals surface area contributed by atoms with Crippen LogP contribution >= 0.6 is 0 Å². The summed E-state index contributed by atoms with van der Waals surface area (Å²) in [6.45, 7) is -0.284. The van der Waals surface area contributed by atoms with Crippen LogP contribution < -0.4 is 10.0 Å². The average Bonchev–Trinajstić information content (AvgIpc) is 2.66. The molecule has 1 heterocycles. The highest BCUT2D eigenvalue weighted by Gasteiger charge is 2.21. The van der Waals surface area contributed by atoms with Crippen LogP contribution in [0.4, 0.5) is 10.1 Å². The predicted molar refractivity (Wildman–Crippen MR) is 99.3 cm³/mol. The summed E-state index contributed by atoms with van der Waals surface area (Å²) in [6, 6.07) is 10.8. The highest BCUT2D eigenvalue weighted by molar-refractivity contribution is 7.89. The zero-order valence-electron chi connectivity index (χ0n) is 14.6. The fourth-order valence-corrected chi connectivity index (χ4v) is 4.18. The van der Waals surface area contributed by atoms with Crippen molar-refractivity contribution in [2.75, 3.05) is 18.5 Å². The van der Waals surface area contributed by atoms with Gasteiger partial charge in [0, 0.05) is 25.3 Å². The summed E-state index contributed by atoms with van der Waals surface area (Å²) < 4.78 is 41.4. The van der Waals surface area contributed by atoms with Crippen LogP contribution in [0.15, 0.2) is 47.4 Å². The maximum Gasteiger partial charge on any atom is 0.240 e. The molecule has 0 radical (unpaired) electrons. The Morgan fingerprint density at radius 2 is 1.96 bits per heavy atom. The molecule has 27 heavy (non-hydrogen) atoms. The molecule has 0 bridgehead atoms. The molecule has 1 aliphatic rings. The molecular weight excluding hydrogens is 371 g/mol. The maximum absolute atomic E-state index is 13.8. The number of aliphatic hydroxyl groups is 1. The first-order chi connectivity index (χ1) is 12.9. The van der Waals surface area contributed by atoms with E-state index < -0.39 is 15.9 Å². The molecule has 1 unspecified atom stereocenters. The molecule has 6 nitrogen and oxygen atoms in total. The number of benzene rings is 2. The first-order valence-electron chi connectivity index (χ1n) is 8.66. The van der Waals surface area contributed by atoms with Crippen molar-refractivity contribution in [3.63, 3.8) is 0 Å². The third-order valence-corrected chi connectivity index (χ3v) is 5.99. The molecule has 0 fully saturated rings. The third kappa shape index (κ3) is 4.71. The minimum Gasteiger partial charge on any atom is -0.396 e. The van der Waals surface area contributed by atoms with Crippen LogP contribution in [0.25, 0.3) is 0 Å². The molecule has 8 heteroatoms. The molecule has 144 valence electrons. The van der Waals surface area contributed by atoms with Gasteiger partial charge in [-0.05, 0) is 54.2 Å². The van der Waals surface area contributed by atoms with E-state index in [2.05, 4.69) is 10.0 Å². The lowest BCUT2D eigenvalue weighted by Gasteiger charge is -2.19. The number of hydrogen-bond donors (Lipinski definition) is 3. The van der Waals surface area contributed by atoms with Gasteiger partial charge in [-0.25, -0.2) is 17.5 Å². The lowest BCUT2D eigenvalue weighted by Crippen LogP contribution is -2.32. The van der Waals surface area contributed by atoms with Crippen molar-refractivity contribution in [2.24, 2.45) is 5.92 Å². The van der Waals surface area contributed by atoms with Gasteiger partial charge in [-0.1, -0.05) is 18.2 Å². The van der Waals surface area contributed by atoms with Gasteiger partial charge in [0.25, 0.3) is 0 Å². The Hall–Kier alpha value is -2.29. The minimum absolute atomic E-state index is 0.0129. The van der Waals surface area contributed by atoms with Crippen molar-refractivity contribution in [2.45, 2.75) is 24.2 Å². The molecule has 1 atom stereocenters. The smallest absolute Gasteiger partial charge is 0.240 e. The molecule has 2 aromatic rings. The van der Waals surface area contributed by atoms with E-state index >= 15 is 0 Å². The van der Waals surface area contributed by atoms with E-state index in [0.717, 1.165) is 5.56 Å². The summed E-state index contributed by atoms with van der Waals surface area (Å²) >= 11 is 0. The van der Waals surface area contributed by atoms with Gasteiger partial charge in [-0.3, -0.25) is 4.79 Å². The van der Waals surface area contributed by atoms with E-state index in [1.54, 1.807) is 30.3 Å². The van der Waals surface area contributed by atoms with Crippen LogP contribution in [0.2, 0.25) is 0 Å². The number of hydrogen-bond acceptors (Lipinski definition) is 4. The normalized spacial score (nSPS) is 15.1. The van der Waals surface area contributed by atoms with Crippen molar-refractivity contribution in [3.05, 3.63) is 59.4 Å². The van der Waals surface area contributed by atoms with Crippen molar-refractivity contribution in [1.29, 1.82) is 0 Å². The molecule has 0 spiro atoms. The SMILES string of the molecule is O=C1CCc2cc(S(=O)(=O)NCC(CO)Cc3ccccc3F)ccc2N1. The van der Waals surface area contributed by atoms with Crippen LogP contribution in [-0.2, 0) is 27.7 Å². The Morgan fingerprint density at radius 1 is 1.19 bits per heavy atom. The van der Waals surface area contributed by atoms with Gasteiger partial charge >= 0.3 is 0 Å². The Kier molecular flexibility index (Phi) is 5.88. The molecule has 0 aliphatic carbocycles.